The molecule has 2 aromatic heterocycles. The molecule has 0 radical (unpaired) electrons. The van der Waals surface area contributed by atoms with Crippen molar-refractivity contribution in [2.75, 3.05) is 0 Å². The van der Waals surface area contributed by atoms with Crippen LogP contribution in [0.25, 0.3) is 4.96 Å². The predicted molar refractivity (Wildman–Crippen MR) is 77.5 cm³/mol. The van der Waals surface area contributed by atoms with Gasteiger partial charge in [0.05, 0.1) is 5.92 Å². The highest BCUT2D eigenvalue weighted by Crippen LogP contribution is 2.64. The van der Waals surface area contributed by atoms with Crippen LogP contribution in [0, 0.1) is 11.3 Å². The standard InChI is InChI=1S/C14H18N4O2S/c1-14(2)8(9(14)12(19)20)11-17-18-10(7-5-3-4-6-7)15-16-13(18)21-11/h7-9H,3-6H2,1-2H3,(H,19,20). The summed E-state index contributed by atoms with van der Waals surface area (Å²) in [7, 11) is 0. The number of carbonyl (C=O) groups is 1. The maximum absolute atomic E-state index is 11.3. The molecular formula is C14H18N4O2S. The first-order chi connectivity index (χ1) is 10.00. The Morgan fingerprint density at radius 3 is 2.67 bits per heavy atom. The summed E-state index contributed by atoms with van der Waals surface area (Å²) in [5, 5.41) is 23.4. The molecule has 0 saturated heterocycles. The summed E-state index contributed by atoms with van der Waals surface area (Å²) < 4.78 is 1.85. The lowest BCUT2D eigenvalue weighted by atomic mass is 10.1. The molecule has 7 heteroatoms. The molecule has 2 fully saturated rings. The first-order valence-corrected chi connectivity index (χ1v) is 8.26. The van der Waals surface area contributed by atoms with Crippen molar-refractivity contribution in [1.82, 2.24) is 19.8 Å². The van der Waals surface area contributed by atoms with Gasteiger partial charge in [0.15, 0.2) is 5.82 Å². The van der Waals surface area contributed by atoms with E-state index < -0.39 is 5.97 Å². The molecule has 0 spiro atoms. The second-order valence-electron chi connectivity index (χ2n) is 6.79. The van der Waals surface area contributed by atoms with Crippen molar-refractivity contribution in [1.29, 1.82) is 0 Å². The maximum atomic E-state index is 11.3. The fourth-order valence-corrected chi connectivity index (χ4v) is 4.95. The van der Waals surface area contributed by atoms with Gasteiger partial charge in [-0.1, -0.05) is 38.0 Å². The fourth-order valence-electron chi connectivity index (χ4n) is 3.77. The summed E-state index contributed by atoms with van der Waals surface area (Å²) >= 11 is 1.49. The van der Waals surface area contributed by atoms with Crippen LogP contribution >= 0.6 is 11.3 Å². The molecule has 2 saturated carbocycles. The van der Waals surface area contributed by atoms with Gasteiger partial charge in [-0.15, -0.1) is 10.2 Å². The van der Waals surface area contributed by atoms with Crippen molar-refractivity contribution in [2.24, 2.45) is 11.3 Å². The molecule has 4 rings (SSSR count). The van der Waals surface area contributed by atoms with Gasteiger partial charge in [-0.2, -0.15) is 9.61 Å². The van der Waals surface area contributed by atoms with Crippen molar-refractivity contribution in [3.8, 4) is 0 Å². The Balaban J connectivity index is 1.71. The summed E-state index contributed by atoms with van der Waals surface area (Å²) in [5.41, 5.74) is -0.220. The molecular weight excluding hydrogens is 288 g/mol. The van der Waals surface area contributed by atoms with Gasteiger partial charge in [-0.25, -0.2) is 0 Å². The van der Waals surface area contributed by atoms with E-state index in [-0.39, 0.29) is 17.3 Å². The number of aromatic nitrogens is 4. The molecule has 112 valence electrons. The lowest BCUT2D eigenvalue weighted by Gasteiger charge is -2.03. The number of hydrogen-bond donors (Lipinski definition) is 1. The number of carboxylic acids is 1. The number of nitrogens with zero attached hydrogens (tertiary/aromatic N) is 4. The van der Waals surface area contributed by atoms with E-state index in [1.165, 1.54) is 24.2 Å². The first kappa shape index (κ1) is 13.2. The average molecular weight is 306 g/mol. The molecule has 0 amide bonds. The third kappa shape index (κ3) is 1.83. The zero-order valence-electron chi connectivity index (χ0n) is 12.1. The predicted octanol–water partition coefficient (Wildman–Crippen LogP) is 2.67. The van der Waals surface area contributed by atoms with Crippen LogP contribution in [0.1, 0.15) is 62.2 Å². The highest BCUT2D eigenvalue weighted by Gasteiger charge is 2.64. The van der Waals surface area contributed by atoms with Gasteiger partial charge >= 0.3 is 5.97 Å². The third-order valence-corrected chi connectivity index (χ3v) is 6.09. The van der Waals surface area contributed by atoms with Gasteiger partial charge in [-0.05, 0) is 18.3 Å². The van der Waals surface area contributed by atoms with Crippen LogP contribution < -0.4 is 0 Å². The van der Waals surface area contributed by atoms with E-state index in [4.69, 9.17) is 0 Å². The lowest BCUT2D eigenvalue weighted by molar-refractivity contribution is -0.139. The molecule has 2 aromatic rings. The van der Waals surface area contributed by atoms with E-state index in [0.29, 0.717) is 5.92 Å². The van der Waals surface area contributed by atoms with E-state index in [0.717, 1.165) is 28.6 Å². The van der Waals surface area contributed by atoms with Crippen molar-refractivity contribution < 1.29 is 9.90 Å². The minimum atomic E-state index is -0.730. The minimum Gasteiger partial charge on any atom is -0.481 e. The summed E-state index contributed by atoms with van der Waals surface area (Å²) in [6.45, 7) is 3.99. The highest BCUT2D eigenvalue weighted by molar-refractivity contribution is 7.16. The number of carboxylic acid groups (broad SMARTS) is 1. The van der Waals surface area contributed by atoms with Gasteiger partial charge < -0.3 is 5.11 Å². The van der Waals surface area contributed by atoms with Crippen molar-refractivity contribution in [3.05, 3.63) is 10.8 Å². The topological polar surface area (TPSA) is 80.4 Å². The Hall–Kier alpha value is -1.50. The van der Waals surface area contributed by atoms with Crippen LogP contribution in [-0.4, -0.2) is 30.9 Å². The lowest BCUT2D eigenvalue weighted by Crippen LogP contribution is -2.03. The first-order valence-electron chi connectivity index (χ1n) is 7.45. The minimum absolute atomic E-state index is 0.00173. The molecule has 2 unspecified atom stereocenters. The number of hydrogen-bond acceptors (Lipinski definition) is 5. The van der Waals surface area contributed by atoms with E-state index in [2.05, 4.69) is 15.3 Å². The van der Waals surface area contributed by atoms with Crippen LogP contribution in [0.15, 0.2) is 0 Å². The molecule has 2 atom stereocenters. The van der Waals surface area contributed by atoms with E-state index in [1.54, 1.807) is 0 Å². The van der Waals surface area contributed by atoms with Crippen LogP contribution in [-0.2, 0) is 4.79 Å². The van der Waals surface area contributed by atoms with E-state index in [1.807, 2.05) is 18.4 Å². The normalized spacial score (nSPS) is 28.3. The van der Waals surface area contributed by atoms with Gasteiger partial charge in [0.1, 0.15) is 5.01 Å². The van der Waals surface area contributed by atoms with Crippen LogP contribution in [0.4, 0.5) is 0 Å². The number of fused-ring (bicyclic) bond motifs is 1. The van der Waals surface area contributed by atoms with Crippen LogP contribution in [0.3, 0.4) is 0 Å². The number of aliphatic carboxylic acids is 1. The van der Waals surface area contributed by atoms with Crippen LogP contribution in [0.2, 0.25) is 0 Å². The van der Waals surface area contributed by atoms with Crippen molar-refractivity contribution in [2.45, 2.75) is 51.4 Å². The Kier molecular flexibility index (Phi) is 2.67. The van der Waals surface area contributed by atoms with E-state index >= 15 is 0 Å². The molecule has 2 heterocycles. The maximum Gasteiger partial charge on any atom is 0.307 e. The fraction of sp³-hybridized carbons (Fsp3) is 0.714. The van der Waals surface area contributed by atoms with Crippen molar-refractivity contribution in [3.63, 3.8) is 0 Å². The zero-order chi connectivity index (χ0) is 14.8. The number of rotatable bonds is 3. The third-order valence-electron chi connectivity index (χ3n) is 5.11. The summed E-state index contributed by atoms with van der Waals surface area (Å²) in [6, 6.07) is 0. The van der Waals surface area contributed by atoms with Gasteiger partial charge in [0.25, 0.3) is 0 Å². The van der Waals surface area contributed by atoms with Crippen LogP contribution in [0.5, 0.6) is 0 Å². The molecule has 1 N–H and O–H groups in total. The monoisotopic (exact) mass is 306 g/mol. The smallest absolute Gasteiger partial charge is 0.307 e. The molecule has 2 aliphatic carbocycles. The SMILES string of the molecule is CC1(C)C(C(=O)O)C1c1nn2c(C3CCCC3)nnc2s1. The Morgan fingerprint density at radius 2 is 2.05 bits per heavy atom. The molecule has 6 nitrogen and oxygen atoms in total. The van der Waals surface area contributed by atoms with Gasteiger partial charge in [0, 0.05) is 11.8 Å². The molecule has 0 aliphatic heterocycles. The Morgan fingerprint density at radius 1 is 1.33 bits per heavy atom. The molecule has 21 heavy (non-hydrogen) atoms. The summed E-state index contributed by atoms with van der Waals surface area (Å²) in [4.78, 5) is 12.1. The molecule has 0 aromatic carbocycles. The largest absolute Gasteiger partial charge is 0.481 e. The second-order valence-corrected chi connectivity index (χ2v) is 7.78. The van der Waals surface area contributed by atoms with E-state index in [9.17, 15) is 9.90 Å². The zero-order valence-corrected chi connectivity index (χ0v) is 12.9. The molecule has 2 aliphatic rings. The average Bonchev–Trinajstić information content (AvgIpc) is 2.92. The van der Waals surface area contributed by atoms with Gasteiger partial charge in [-0.3, -0.25) is 4.79 Å². The quantitative estimate of drug-likeness (QED) is 0.943. The summed E-state index contributed by atoms with van der Waals surface area (Å²) in [5.74, 6) is 0.342. The van der Waals surface area contributed by atoms with Gasteiger partial charge in [0.2, 0.25) is 4.96 Å². The Bertz CT molecular complexity index is 714. The second kappa shape index (κ2) is 4.25. The summed E-state index contributed by atoms with van der Waals surface area (Å²) in [6.07, 6.45) is 4.79. The van der Waals surface area contributed by atoms with Crippen molar-refractivity contribution >= 4 is 22.3 Å². The highest BCUT2D eigenvalue weighted by atomic mass is 32.1. The molecule has 0 bridgehead atoms. The Labute approximate surface area is 126 Å².